The molecular weight excluding hydrogens is 540 g/mol. The summed E-state index contributed by atoms with van der Waals surface area (Å²) in [7, 11) is 0. The summed E-state index contributed by atoms with van der Waals surface area (Å²) in [5.74, 6) is -0.487. The lowest BCUT2D eigenvalue weighted by atomic mass is 10.1. The summed E-state index contributed by atoms with van der Waals surface area (Å²) in [4.78, 5) is 26.4. The number of benzene rings is 1. The van der Waals surface area contributed by atoms with Crippen LogP contribution in [0.15, 0.2) is 55.8 Å². The van der Waals surface area contributed by atoms with Crippen molar-refractivity contribution in [2.24, 2.45) is 0 Å². The Morgan fingerprint density at radius 1 is 0.756 bits per heavy atom. The monoisotopic (exact) mass is 575 g/mol. The molecule has 3 rings (SSSR count). The van der Waals surface area contributed by atoms with Crippen molar-refractivity contribution in [2.75, 3.05) is 26.4 Å². The Morgan fingerprint density at radius 2 is 1.32 bits per heavy atom. The largest absolute Gasteiger partial charge is 0.586 e. The van der Waals surface area contributed by atoms with Crippen LogP contribution in [0.4, 0.5) is 8.78 Å². The van der Waals surface area contributed by atoms with Crippen LogP contribution in [0.25, 0.3) is 11.3 Å². The van der Waals surface area contributed by atoms with Gasteiger partial charge in [-0.2, -0.15) is 0 Å². The first-order valence-corrected chi connectivity index (χ1v) is 13.6. The van der Waals surface area contributed by atoms with Crippen LogP contribution in [0.5, 0.6) is 23.0 Å². The standard InChI is InChI=1S/C30H35F2NO8/c1-3-26(34)38-19-11-7-5-9-17-36-22-13-15-24(33-21-22)23-14-16-25(29-28(23)40-30(31,32)41-29)37-18-10-6-8-12-20-39-27(35)4-2/h3-4,13-16,21H,1-2,5-12,17-20H2. The number of unbranched alkanes of at least 4 members (excludes halogenated alkanes) is 6. The molecule has 222 valence electrons. The molecule has 11 heteroatoms. The Kier molecular flexibility index (Phi) is 12.4. The summed E-state index contributed by atoms with van der Waals surface area (Å²) in [6, 6.07) is 6.52. The van der Waals surface area contributed by atoms with Crippen molar-refractivity contribution in [1.82, 2.24) is 4.98 Å². The van der Waals surface area contributed by atoms with Gasteiger partial charge >= 0.3 is 18.2 Å². The Labute approximate surface area is 238 Å². The van der Waals surface area contributed by atoms with E-state index < -0.39 is 18.2 Å². The second-order valence-corrected chi connectivity index (χ2v) is 9.08. The molecule has 41 heavy (non-hydrogen) atoms. The summed E-state index contributed by atoms with van der Waals surface area (Å²) < 4.78 is 58.9. The molecule has 0 radical (unpaired) electrons. The van der Waals surface area contributed by atoms with Gasteiger partial charge in [-0.25, -0.2) is 9.59 Å². The molecule has 0 spiro atoms. The third kappa shape index (κ3) is 10.4. The van der Waals surface area contributed by atoms with Crippen molar-refractivity contribution < 1.29 is 46.8 Å². The zero-order chi connectivity index (χ0) is 29.5. The number of carbonyl (C=O) groups is 2. The second-order valence-electron chi connectivity index (χ2n) is 9.08. The summed E-state index contributed by atoms with van der Waals surface area (Å²) in [6.45, 7) is 8.15. The number of hydrogen-bond donors (Lipinski definition) is 0. The van der Waals surface area contributed by atoms with Crippen molar-refractivity contribution in [3.8, 4) is 34.3 Å². The lowest BCUT2D eigenvalue weighted by molar-refractivity contribution is -0.286. The molecule has 0 atom stereocenters. The van der Waals surface area contributed by atoms with Gasteiger partial charge in [0.25, 0.3) is 0 Å². The molecule has 0 N–H and O–H groups in total. The van der Waals surface area contributed by atoms with Crippen LogP contribution >= 0.6 is 0 Å². The average Bonchev–Trinajstić information content (AvgIpc) is 3.30. The van der Waals surface area contributed by atoms with E-state index in [9.17, 15) is 18.4 Å². The Bertz CT molecular complexity index is 1170. The minimum Gasteiger partial charge on any atom is -0.492 e. The number of halogens is 2. The lowest BCUT2D eigenvalue weighted by Crippen LogP contribution is -2.26. The molecule has 0 bridgehead atoms. The van der Waals surface area contributed by atoms with E-state index in [2.05, 4.69) is 18.1 Å². The first-order chi connectivity index (χ1) is 19.8. The highest BCUT2D eigenvalue weighted by Gasteiger charge is 2.46. The van der Waals surface area contributed by atoms with Crippen LogP contribution in [0, 0.1) is 0 Å². The predicted octanol–water partition coefficient (Wildman–Crippen LogP) is 6.41. The highest BCUT2D eigenvalue weighted by Crippen LogP contribution is 2.52. The number of nitrogens with zero attached hydrogens (tertiary/aromatic N) is 1. The molecule has 2 heterocycles. The van der Waals surface area contributed by atoms with Gasteiger partial charge in [-0.3, -0.25) is 4.98 Å². The third-order valence-electron chi connectivity index (χ3n) is 5.96. The molecule has 1 aliphatic heterocycles. The van der Waals surface area contributed by atoms with Crippen LogP contribution in [-0.2, 0) is 19.1 Å². The average molecular weight is 576 g/mol. The van der Waals surface area contributed by atoms with E-state index in [4.69, 9.17) is 28.4 Å². The molecule has 0 saturated carbocycles. The Hall–Kier alpha value is -4.15. The number of ether oxygens (including phenoxy) is 6. The van der Waals surface area contributed by atoms with Gasteiger partial charge in [-0.05, 0) is 75.6 Å². The number of hydrogen-bond acceptors (Lipinski definition) is 9. The van der Waals surface area contributed by atoms with Crippen LogP contribution in [0.1, 0.15) is 51.4 Å². The number of rotatable bonds is 19. The van der Waals surface area contributed by atoms with Crippen molar-refractivity contribution in [3.05, 3.63) is 55.8 Å². The van der Waals surface area contributed by atoms with Gasteiger partial charge in [0.05, 0.1) is 38.3 Å². The number of fused-ring (bicyclic) bond motifs is 1. The number of aromatic nitrogens is 1. The molecule has 0 amide bonds. The highest BCUT2D eigenvalue weighted by atomic mass is 19.3. The molecule has 0 unspecified atom stereocenters. The number of pyridine rings is 1. The zero-order valence-electron chi connectivity index (χ0n) is 22.9. The van der Waals surface area contributed by atoms with Crippen molar-refractivity contribution in [2.45, 2.75) is 57.7 Å². The topological polar surface area (TPSA) is 102 Å². The van der Waals surface area contributed by atoms with Gasteiger partial charge in [0.1, 0.15) is 5.75 Å². The molecule has 1 aliphatic rings. The van der Waals surface area contributed by atoms with Crippen LogP contribution in [0.2, 0.25) is 0 Å². The Balaban J connectivity index is 1.46. The van der Waals surface area contributed by atoms with E-state index in [1.165, 1.54) is 6.20 Å². The Morgan fingerprint density at radius 3 is 1.88 bits per heavy atom. The SMILES string of the molecule is C=CC(=O)OCCCCCCOc1ccc(-c2ccc(OCCCCCCOC(=O)C=C)c3c2OC(F)(F)O3)nc1. The molecule has 9 nitrogen and oxygen atoms in total. The first-order valence-electron chi connectivity index (χ1n) is 13.6. The second kappa shape index (κ2) is 16.2. The fourth-order valence-corrected chi connectivity index (χ4v) is 3.89. The van der Waals surface area contributed by atoms with Crippen LogP contribution < -0.4 is 18.9 Å². The molecule has 0 fully saturated rings. The third-order valence-corrected chi connectivity index (χ3v) is 5.96. The van der Waals surface area contributed by atoms with E-state index >= 15 is 0 Å². The summed E-state index contributed by atoms with van der Waals surface area (Å²) in [5.41, 5.74) is 0.745. The van der Waals surface area contributed by atoms with Crippen LogP contribution in [0.3, 0.4) is 0 Å². The van der Waals surface area contributed by atoms with Crippen molar-refractivity contribution in [1.29, 1.82) is 0 Å². The summed E-state index contributed by atoms with van der Waals surface area (Å²) >= 11 is 0. The van der Waals surface area contributed by atoms with Gasteiger partial charge in [0, 0.05) is 17.7 Å². The minimum atomic E-state index is -3.82. The molecule has 2 aromatic rings. The summed E-state index contributed by atoms with van der Waals surface area (Å²) in [6.07, 6.45) is 6.38. The molecule has 0 aliphatic carbocycles. The predicted molar refractivity (Wildman–Crippen MR) is 146 cm³/mol. The zero-order valence-corrected chi connectivity index (χ0v) is 22.9. The lowest BCUT2D eigenvalue weighted by Gasteiger charge is -2.11. The van der Waals surface area contributed by atoms with E-state index in [-0.39, 0.29) is 17.2 Å². The fourth-order valence-electron chi connectivity index (χ4n) is 3.89. The van der Waals surface area contributed by atoms with E-state index in [1.54, 1.807) is 24.3 Å². The fraction of sp³-hybridized carbons (Fsp3) is 0.433. The van der Waals surface area contributed by atoms with Gasteiger partial charge < -0.3 is 28.4 Å². The van der Waals surface area contributed by atoms with Crippen LogP contribution in [-0.4, -0.2) is 49.6 Å². The molecule has 1 aromatic heterocycles. The quantitative estimate of drug-likeness (QED) is 0.107. The molecule has 0 saturated heterocycles. The maximum atomic E-state index is 14.0. The van der Waals surface area contributed by atoms with Gasteiger partial charge in [-0.15, -0.1) is 8.78 Å². The number of carbonyl (C=O) groups excluding carboxylic acids is 2. The molecular formula is C30H35F2NO8. The maximum Gasteiger partial charge on any atom is 0.586 e. The van der Waals surface area contributed by atoms with Gasteiger partial charge in [0.15, 0.2) is 11.5 Å². The normalized spacial score (nSPS) is 12.8. The molecule has 1 aromatic carbocycles. The number of alkyl halides is 2. The first kappa shape index (κ1) is 31.4. The summed E-state index contributed by atoms with van der Waals surface area (Å²) in [5, 5.41) is 0. The maximum absolute atomic E-state index is 14.0. The van der Waals surface area contributed by atoms with E-state index in [0.717, 1.165) is 50.7 Å². The van der Waals surface area contributed by atoms with Gasteiger partial charge in [-0.1, -0.05) is 13.2 Å². The van der Waals surface area contributed by atoms with Crippen molar-refractivity contribution in [3.63, 3.8) is 0 Å². The minimum absolute atomic E-state index is 0.142. The van der Waals surface area contributed by atoms with Crippen molar-refractivity contribution >= 4 is 11.9 Å². The van der Waals surface area contributed by atoms with E-state index in [0.29, 0.717) is 56.3 Å². The number of esters is 2. The highest BCUT2D eigenvalue weighted by molar-refractivity contribution is 5.81. The van der Waals surface area contributed by atoms with Gasteiger partial charge in [0.2, 0.25) is 5.75 Å². The van der Waals surface area contributed by atoms with E-state index in [1.807, 2.05) is 0 Å². The smallest absolute Gasteiger partial charge is 0.492 e.